The summed E-state index contributed by atoms with van der Waals surface area (Å²) in [5.41, 5.74) is 10.1. The largest absolute Gasteiger partial charge is 0.465 e. The van der Waals surface area contributed by atoms with Crippen molar-refractivity contribution in [2.75, 3.05) is 5.73 Å². The predicted molar refractivity (Wildman–Crippen MR) is 116 cm³/mol. The molecule has 0 spiro atoms. The van der Waals surface area contributed by atoms with Crippen LogP contribution in [0.3, 0.4) is 0 Å². The highest BCUT2D eigenvalue weighted by atomic mass is 32.1. The molecular formula is C21H23N5O2S. The Morgan fingerprint density at radius 2 is 1.97 bits per heavy atom. The van der Waals surface area contributed by atoms with Crippen molar-refractivity contribution in [3.05, 3.63) is 52.7 Å². The highest BCUT2D eigenvalue weighted by Crippen LogP contribution is 2.32. The van der Waals surface area contributed by atoms with Gasteiger partial charge < -0.3 is 20.7 Å². The fourth-order valence-corrected chi connectivity index (χ4v) is 4.28. The Bertz CT molecular complexity index is 1160. The minimum absolute atomic E-state index is 0.295. The van der Waals surface area contributed by atoms with E-state index in [0.29, 0.717) is 18.9 Å². The van der Waals surface area contributed by atoms with Crippen LogP contribution >= 0.6 is 11.3 Å². The van der Waals surface area contributed by atoms with E-state index in [1.54, 1.807) is 11.3 Å². The van der Waals surface area contributed by atoms with Gasteiger partial charge in [-0.15, -0.1) is 11.3 Å². The van der Waals surface area contributed by atoms with Gasteiger partial charge in [-0.05, 0) is 29.0 Å². The number of benzene rings is 1. The third-order valence-corrected chi connectivity index (χ3v) is 5.78. The van der Waals surface area contributed by atoms with Crippen molar-refractivity contribution < 1.29 is 9.90 Å². The number of nitrogens with one attached hydrogen (secondary N) is 1. The number of aryl methyl sites for hydroxylation is 1. The first-order chi connectivity index (χ1) is 14.1. The molecule has 8 heteroatoms. The molecule has 3 aromatic heterocycles. The molecule has 29 heavy (non-hydrogen) atoms. The van der Waals surface area contributed by atoms with E-state index < -0.39 is 6.09 Å². The van der Waals surface area contributed by atoms with Gasteiger partial charge in [0.25, 0.3) is 0 Å². The fourth-order valence-electron chi connectivity index (χ4n) is 3.50. The van der Waals surface area contributed by atoms with Crippen molar-refractivity contribution in [2.45, 2.75) is 39.3 Å². The minimum atomic E-state index is -1.02. The molecule has 1 aromatic carbocycles. The van der Waals surface area contributed by atoms with Gasteiger partial charge in [0.05, 0.1) is 5.52 Å². The number of nitrogen functional groups attached to an aromatic ring is 1. The lowest BCUT2D eigenvalue weighted by Crippen LogP contribution is -2.19. The van der Waals surface area contributed by atoms with Crippen molar-refractivity contribution >= 4 is 44.5 Å². The zero-order valence-electron chi connectivity index (χ0n) is 16.2. The summed E-state index contributed by atoms with van der Waals surface area (Å²) >= 11 is 1.58. The third kappa shape index (κ3) is 3.88. The molecule has 4 aromatic rings. The molecule has 0 aliphatic carbocycles. The summed E-state index contributed by atoms with van der Waals surface area (Å²) in [5, 5.41) is 14.3. The lowest BCUT2D eigenvalue weighted by molar-refractivity contribution is 0.194. The number of thiophene rings is 1. The van der Waals surface area contributed by atoms with Gasteiger partial charge in [0.15, 0.2) is 5.82 Å². The number of nitrogens with zero attached hydrogens (tertiary/aromatic N) is 3. The molecule has 0 bridgehead atoms. The van der Waals surface area contributed by atoms with Crippen LogP contribution in [0.15, 0.2) is 35.7 Å². The molecule has 0 radical (unpaired) electrons. The molecule has 150 valence electrons. The van der Waals surface area contributed by atoms with E-state index in [1.807, 2.05) is 29.6 Å². The zero-order chi connectivity index (χ0) is 20.4. The molecule has 0 aliphatic rings. The molecule has 0 fully saturated rings. The number of imidazole rings is 1. The quantitative estimate of drug-likeness (QED) is 0.420. The molecule has 7 nitrogen and oxygen atoms in total. The maximum atomic E-state index is 10.7. The summed E-state index contributed by atoms with van der Waals surface area (Å²) in [5.74, 6) is 1.49. The fraction of sp³-hybridized carbons (Fsp3) is 0.286. The molecule has 4 rings (SSSR count). The average Bonchev–Trinajstić information content (AvgIpc) is 3.30. The van der Waals surface area contributed by atoms with Gasteiger partial charge >= 0.3 is 6.09 Å². The summed E-state index contributed by atoms with van der Waals surface area (Å²) in [6.45, 7) is 3.14. The Kier molecular flexibility index (Phi) is 5.35. The maximum Gasteiger partial charge on any atom is 0.404 e. The number of hydrogen-bond acceptors (Lipinski definition) is 5. The van der Waals surface area contributed by atoms with Crippen LogP contribution in [0, 0.1) is 0 Å². The first kappa shape index (κ1) is 19.2. The molecule has 1 amide bonds. The number of unbranched alkanes of at least 4 members (excludes halogenated alkanes) is 1. The number of rotatable bonds is 7. The molecule has 3 heterocycles. The van der Waals surface area contributed by atoms with E-state index in [4.69, 9.17) is 15.8 Å². The molecule has 0 aliphatic heterocycles. The second kappa shape index (κ2) is 8.08. The maximum absolute atomic E-state index is 10.7. The van der Waals surface area contributed by atoms with E-state index in [-0.39, 0.29) is 0 Å². The van der Waals surface area contributed by atoms with Crippen molar-refractivity contribution in [1.82, 2.24) is 19.9 Å². The molecular weight excluding hydrogens is 386 g/mol. The smallest absolute Gasteiger partial charge is 0.404 e. The van der Waals surface area contributed by atoms with Crippen LogP contribution in [-0.4, -0.2) is 25.7 Å². The van der Waals surface area contributed by atoms with Crippen LogP contribution in [0.2, 0.25) is 0 Å². The van der Waals surface area contributed by atoms with Gasteiger partial charge in [-0.2, -0.15) is 0 Å². The molecule has 4 N–H and O–H groups in total. The predicted octanol–water partition coefficient (Wildman–Crippen LogP) is 4.39. The zero-order valence-corrected chi connectivity index (χ0v) is 17.0. The first-order valence-corrected chi connectivity index (χ1v) is 10.5. The monoisotopic (exact) mass is 409 g/mol. The number of carbonyl (C=O) groups is 1. The highest BCUT2D eigenvalue weighted by molar-refractivity contribution is 7.16. The van der Waals surface area contributed by atoms with Gasteiger partial charge in [-0.1, -0.05) is 37.6 Å². The van der Waals surface area contributed by atoms with E-state index in [9.17, 15) is 4.79 Å². The minimum Gasteiger partial charge on any atom is -0.465 e. The van der Waals surface area contributed by atoms with Crippen molar-refractivity contribution in [2.24, 2.45) is 0 Å². The van der Waals surface area contributed by atoms with Crippen LogP contribution in [0.4, 0.5) is 10.6 Å². The van der Waals surface area contributed by atoms with Gasteiger partial charge in [-0.3, -0.25) is 0 Å². The van der Waals surface area contributed by atoms with Crippen molar-refractivity contribution in [3.63, 3.8) is 0 Å². The Balaban J connectivity index is 1.74. The Morgan fingerprint density at radius 1 is 1.21 bits per heavy atom. The number of fused-ring (bicyclic) bond motifs is 3. The van der Waals surface area contributed by atoms with Gasteiger partial charge in [0, 0.05) is 24.9 Å². The van der Waals surface area contributed by atoms with Gasteiger partial charge in [0.2, 0.25) is 0 Å². The molecule has 0 saturated heterocycles. The summed E-state index contributed by atoms with van der Waals surface area (Å²) in [6, 6.07) is 10.0. The van der Waals surface area contributed by atoms with Gasteiger partial charge in [-0.25, -0.2) is 14.8 Å². The van der Waals surface area contributed by atoms with Crippen LogP contribution in [0.25, 0.3) is 21.3 Å². The van der Waals surface area contributed by atoms with Crippen molar-refractivity contribution in [1.29, 1.82) is 0 Å². The number of carboxylic acid groups (broad SMARTS) is 1. The molecule has 0 saturated carbocycles. The van der Waals surface area contributed by atoms with Crippen LogP contribution in [-0.2, 0) is 19.5 Å². The summed E-state index contributed by atoms with van der Waals surface area (Å²) < 4.78 is 2.25. The first-order valence-electron chi connectivity index (χ1n) is 9.63. The third-order valence-electron chi connectivity index (χ3n) is 4.97. The number of amides is 1. The lowest BCUT2D eigenvalue weighted by atomic mass is 10.1. The Hall–Kier alpha value is -3.13. The van der Waals surface area contributed by atoms with Crippen LogP contribution in [0.1, 0.15) is 36.7 Å². The normalized spacial score (nSPS) is 11.3. The summed E-state index contributed by atoms with van der Waals surface area (Å²) in [4.78, 5) is 21.0. The van der Waals surface area contributed by atoms with E-state index in [2.05, 4.69) is 27.9 Å². The SMILES string of the molecule is CCCCc1nc2c(N)nc3sccc3c2n1Cc1ccc(CNC(=O)O)cc1. The van der Waals surface area contributed by atoms with E-state index in [0.717, 1.165) is 57.5 Å². The highest BCUT2D eigenvalue weighted by Gasteiger charge is 2.18. The molecule has 0 atom stereocenters. The summed E-state index contributed by atoms with van der Waals surface area (Å²) in [7, 11) is 0. The van der Waals surface area contributed by atoms with Crippen molar-refractivity contribution in [3.8, 4) is 0 Å². The second-order valence-corrected chi connectivity index (χ2v) is 7.92. The van der Waals surface area contributed by atoms with E-state index in [1.165, 1.54) is 0 Å². The second-order valence-electron chi connectivity index (χ2n) is 7.03. The lowest BCUT2D eigenvalue weighted by Gasteiger charge is -2.11. The number of anilines is 1. The van der Waals surface area contributed by atoms with Gasteiger partial charge in [0.1, 0.15) is 16.2 Å². The average molecular weight is 410 g/mol. The number of aromatic nitrogens is 3. The number of hydrogen-bond donors (Lipinski definition) is 3. The topological polar surface area (TPSA) is 106 Å². The Labute approximate surface area is 172 Å². The number of pyridine rings is 1. The van der Waals surface area contributed by atoms with Crippen LogP contribution in [0.5, 0.6) is 0 Å². The van der Waals surface area contributed by atoms with Crippen LogP contribution < -0.4 is 11.1 Å². The van der Waals surface area contributed by atoms with E-state index >= 15 is 0 Å². The summed E-state index contributed by atoms with van der Waals surface area (Å²) in [6.07, 6.45) is 2.02. The number of nitrogens with two attached hydrogens (primary N) is 1. The Morgan fingerprint density at radius 3 is 2.69 bits per heavy atom. The standard InChI is InChI=1S/C21H23N5O2S/c1-2-3-4-16-24-17-18(15-9-10-29-20(15)25-19(17)22)26(16)12-14-7-5-13(6-8-14)11-23-21(27)28/h5-10,23H,2-4,11-12H2,1H3,(H2,22,25)(H,27,28). The molecule has 0 unspecified atom stereocenters.